The van der Waals surface area contributed by atoms with Crippen LogP contribution in [0.4, 0.5) is 23.0 Å². The van der Waals surface area contributed by atoms with Gasteiger partial charge >= 0.3 is 5.97 Å². The Labute approximate surface area is 168 Å². The van der Waals surface area contributed by atoms with Crippen LogP contribution >= 0.6 is 11.6 Å². The first kappa shape index (κ1) is 19.6. The van der Waals surface area contributed by atoms with Crippen molar-refractivity contribution in [2.24, 2.45) is 0 Å². The Kier molecular flexibility index (Phi) is 6.11. The fraction of sp³-hybridized carbons (Fsp3) is 0.190. The van der Waals surface area contributed by atoms with Crippen molar-refractivity contribution in [3.8, 4) is 0 Å². The van der Waals surface area contributed by atoms with Crippen LogP contribution in [0.25, 0.3) is 0 Å². The number of rotatable bonds is 6. The number of aromatic nitrogens is 2. The largest absolute Gasteiger partial charge is 0.462 e. The molecule has 2 aromatic carbocycles. The van der Waals surface area contributed by atoms with Crippen LogP contribution in [-0.2, 0) is 4.74 Å². The summed E-state index contributed by atoms with van der Waals surface area (Å²) in [5.74, 6) is 1.37. The van der Waals surface area contributed by atoms with Gasteiger partial charge in [-0.25, -0.2) is 14.8 Å². The minimum atomic E-state index is -0.385. The highest BCUT2D eigenvalue weighted by atomic mass is 35.5. The molecule has 0 aliphatic carbocycles. The maximum Gasteiger partial charge on any atom is 0.340 e. The number of carbonyl (C=O) groups is 1. The summed E-state index contributed by atoms with van der Waals surface area (Å²) < 4.78 is 5.12. The van der Waals surface area contributed by atoms with Gasteiger partial charge in [0.15, 0.2) is 0 Å². The van der Waals surface area contributed by atoms with Gasteiger partial charge in [0.05, 0.1) is 17.9 Å². The summed E-state index contributed by atoms with van der Waals surface area (Å²) in [5.41, 5.74) is 2.89. The zero-order chi connectivity index (χ0) is 20.1. The molecule has 1 aromatic heterocycles. The van der Waals surface area contributed by atoms with Crippen LogP contribution < -0.4 is 10.6 Å². The fourth-order valence-corrected chi connectivity index (χ4v) is 2.81. The number of hydrogen-bond acceptors (Lipinski definition) is 6. The van der Waals surface area contributed by atoms with E-state index in [0.717, 1.165) is 11.3 Å². The molecule has 1 heterocycles. The Morgan fingerprint density at radius 1 is 1.04 bits per heavy atom. The van der Waals surface area contributed by atoms with Crippen molar-refractivity contribution in [1.29, 1.82) is 0 Å². The first-order chi connectivity index (χ1) is 13.5. The molecule has 0 fully saturated rings. The summed E-state index contributed by atoms with van der Waals surface area (Å²) in [7, 11) is 0. The van der Waals surface area contributed by atoms with E-state index in [4.69, 9.17) is 16.3 Å². The number of aryl methyl sites for hydroxylation is 2. The van der Waals surface area contributed by atoms with E-state index in [9.17, 15) is 4.79 Å². The number of halogens is 1. The predicted molar refractivity (Wildman–Crippen MR) is 112 cm³/mol. The molecular formula is C21H21ClN4O2. The van der Waals surface area contributed by atoms with Crippen LogP contribution in [0.2, 0.25) is 5.02 Å². The molecule has 0 amide bonds. The predicted octanol–water partition coefficient (Wildman–Crippen LogP) is 5.41. The van der Waals surface area contributed by atoms with Crippen molar-refractivity contribution in [2.75, 3.05) is 17.2 Å². The van der Waals surface area contributed by atoms with Gasteiger partial charge in [0, 0.05) is 16.8 Å². The maximum absolute atomic E-state index is 12.2. The highest BCUT2D eigenvalue weighted by Gasteiger charge is 2.13. The summed E-state index contributed by atoms with van der Waals surface area (Å²) in [6.45, 7) is 5.84. The lowest BCUT2D eigenvalue weighted by molar-refractivity contribution is 0.0527. The minimum Gasteiger partial charge on any atom is -0.462 e. The zero-order valence-electron chi connectivity index (χ0n) is 15.9. The van der Waals surface area contributed by atoms with Crippen LogP contribution in [0.1, 0.15) is 28.7 Å². The van der Waals surface area contributed by atoms with E-state index in [1.807, 2.05) is 31.2 Å². The smallest absolute Gasteiger partial charge is 0.340 e. The number of nitrogens with zero attached hydrogens (tertiary/aromatic N) is 2. The minimum absolute atomic E-state index is 0.312. The Bertz CT molecular complexity index is 1010. The SMILES string of the molecule is CCOC(=O)c1ccccc1Nc1cc(Nc2ccc(C)c(Cl)c2)nc(C)n1. The Hall–Kier alpha value is -3.12. The number of para-hydroxylation sites is 1. The fourth-order valence-electron chi connectivity index (χ4n) is 2.63. The van der Waals surface area contributed by atoms with E-state index in [-0.39, 0.29) is 5.97 Å². The molecule has 0 saturated heterocycles. The number of ether oxygens (including phenoxy) is 1. The van der Waals surface area contributed by atoms with Crippen molar-refractivity contribution in [2.45, 2.75) is 20.8 Å². The summed E-state index contributed by atoms with van der Waals surface area (Å²) in [5, 5.41) is 7.09. The molecule has 0 aliphatic rings. The molecule has 7 heteroatoms. The Morgan fingerprint density at radius 3 is 2.46 bits per heavy atom. The average Bonchev–Trinajstić information content (AvgIpc) is 2.65. The molecule has 3 aromatic rings. The second-order valence-corrected chi connectivity index (χ2v) is 6.57. The van der Waals surface area contributed by atoms with Gasteiger partial charge in [-0.3, -0.25) is 0 Å². The van der Waals surface area contributed by atoms with Gasteiger partial charge in [0.1, 0.15) is 17.5 Å². The van der Waals surface area contributed by atoms with E-state index in [2.05, 4.69) is 20.6 Å². The number of esters is 1. The molecule has 0 unspecified atom stereocenters. The zero-order valence-corrected chi connectivity index (χ0v) is 16.7. The number of benzene rings is 2. The van der Waals surface area contributed by atoms with E-state index in [1.165, 1.54) is 0 Å². The molecule has 0 radical (unpaired) electrons. The summed E-state index contributed by atoms with van der Waals surface area (Å²) in [6.07, 6.45) is 0. The van der Waals surface area contributed by atoms with Gasteiger partial charge in [-0.2, -0.15) is 0 Å². The van der Waals surface area contributed by atoms with Gasteiger partial charge < -0.3 is 15.4 Å². The topological polar surface area (TPSA) is 76.1 Å². The monoisotopic (exact) mass is 396 g/mol. The van der Waals surface area contributed by atoms with E-state index >= 15 is 0 Å². The van der Waals surface area contributed by atoms with Gasteiger partial charge in [-0.15, -0.1) is 0 Å². The Balaban J connectivity index is 1.86. The third-order valence-electron chi connectivity index (χ3n) is 3.97. The highest BCUT2D eigenvalue weighted by molar-refractivity contribution is 6.31. The summed E-state index contributed by atoms with van der Waals surface area (Å²) >= 11 is 6.19. The van der Waals surface area contributed by atoms with Crippen molar-refractivity contribution in [3.63, 3.8) is 0 Å². The standard InChI is InChI=1S/C21H21ClN4O2/c1-4-28-21(27)16-7-5-6-8-18(16)26-20-12-19(23-14(3)24-20)25-15-10-9-13(2)17(22)11-15/h5-12H,4H2,1-3H3,(H2,23,24,25,26). The van der Waals surface area contributed by atoms with Crippen LogP contribution in [0.15, 0.2) is 48.5 Å². The molecule has 3 rings (SSSR count). The average molecular weight is 397 g/mol. The molecular weight excluding hydrogens is 376 g/mol. The van der Waals surface area contributed by atoms with Crippen molar-refractivity contribution >= 4 is 40.6 Å². The third-order valence-corrected chi connectivity index (χ3v) is 4.37. The van der Waals surface area contributed by atoms with E-state index < -0.39 is 0 Å². The van der Waals surface area contributed by atoms with Gasteiger partial charge in [-0.1, -0.05) is 29.8 Å². The van der Waals surface area contributed by atoms with Gasteiger partial charge in [0.25, 0.3) is 0 Å². The van der Waals surface area contributed by atoms with Crippen LogP contribution in [0.3, 0.4) is 0 Å². The van der Waals surface area contributed by atoms with Crippen molar-refractivity contribution in [1.82, 2.24) is 9.97 Å². The second-order valence-electron chi connectivity index (χ2n) is 6.17. The number of nitrogens with one attached hydrogen (secondary N) is 2. The molecule has 0 atom stereocenters. The van der Waals surface area contributed by atoms with Crippen LogP contribution in [0.5, 0.6) is 0 Å². The van der Waals surface area contributed by atoms with Crippen molar-refractivity contribution in [3.05, 3.63) is 70.5 Å². The molecule has 144 valence electrons. The normalized spacial score (nSPS) is 10.4. The molecule has 0 spiro atoms. The lowest BCUT2D eigenvalue weighted by Crippen LogP contribution is -2.09. The molecule has 0 saturated carbocycles. The first-order valence-corrected chi connectivity index (χ1v) is 9.26. The van der Waals surface area contributed by atoms with Gasteiger partial charge in [-0.05, 0) is 50.6 Å². The second kappa shape index (κ2) is 8.71. The lowest BCUT2D eigenvalue weighted by atomic mass is 10.2. The summed E-state index contributed by atoms with van der Waals surface area (Å²) in [6, 6.07) is 14.6. The number of hydrogen-bond donors (Lipinski definition) is 2. The molecule has 6 nitrogen and oxygen atoms in total. The molecule has 0 bridgehead atoms. The van der Waals surface area contributed by atoms with Crippen molar-refractivity contribution < 1.29 is 9.53 Å². The van der Waals surface area contributed by atoms with E-state index in [0.29, 0.717) is 40.3 Å². The van der Waals surface area contributed by atoms with E-state index in [1.54, 1.807) is 38.1 Å². The summed E-state index contributed by atoms with van der Waals surface area (Å²) in [4.78, 5) is 21.0. The quantitative estimate of drug-likeness (QED) is 0.542. The highest BCUT2D eigenvalue weighted by Crippen LogP contribution is 2.25. The van der Waals surface area contributed by atoms with Crippen LogP contribution in [0, 0.1) is 13.8 Å². The molecule has 2 N–H and O–H groups in total. The molecule has 28 heavy (non-hydrogen) atoms. The Morgan fingerprint density at radius 2 is 1.75 bits per heavy atom. The lowest BCUT2D eigenvalue weighted by Gasteiger charge is -2.13. The number of carbonyl (C=O) groups excluding carboxylic acids is 1. The number of anilines is 4. The molecule has 0 aliphatic heterocycles. The van der Waals surface area contributed by atoms with Gasteiger partial charge in [0.2, 0.25) is 0 Å². The van der Waals surface area contributed by atoms with Crippen LogP contribution in [-0.4, -0.2) is 22.5 Å². The third kappa shape index (κ3) is 4.78. The first-order valence-electron chi connectivity index (χ1n) is 8.88. The maximum atomic E-state index is 12.2.